The first-order chi connectivity index (χ1) is 7.18. The molecule has 0 N–H and O–H groups in total. The molecule has 2 rings (SSSR count). The van der Waals surface area contributed by atoms with Crippen LogP contribution in [0.5, 0.6) is 0 Å². The van der Waals surface area contributed by atoms with Crippen molar-refractivity contribution in [2.45, 2.75) is 11.8 Å². The zero-order chi connectivity index (χ0) is 10.8. The monoisotopic (exact) mass is 264 g/mol. The van der Waals surface area contributed by atoms with Crippen LogP contribution in [0.15, 0.2) is 18.2 Å². The molecule has 0 saturated carbocycles. The summed E-state index contributed by atoms with van der Waals surface area (Å²) >= 11 is 18.1. The predicted molar refractivity (Wildman–Crippen MR) is 64.0 cm³/mol. The molecule has 0 aromatic heterocycles. The summed E-state index contributed by atoms with van der Waals surface area (Å²) in [5, 5.41) is 1.08. The van der Waals surface area contributed by atoms with Gasteiger partial charge in [-0.05, 0) is 24.1 Å². The van der Waals surface area contributed by atoms with E-state index in [0.717, 1.165) is 25.2 Å². The Labute approximate surface area is 104 Å². The molecule has 15 heavy (non-hydrogen) atoms. The molecule has 1 saturated heterocycles. The van der Waals surface area contributed by atoms with Gasteiger partial charge in [-0.1, -0.05) is 29.3 Å². The molecule has 4 heteroatoms. The number of alkyl halides is 1. The third-order valence-electron chi connectivity index (χ3n) is 2.64. The number of ether oxygens (including phenoxy) is 1. The zero-order valence-electron chi connectivity index (χ0n) is 8.05. The van der Waals surface area contributed by atoms with Gasteiger partial charge in [0, 0.05) is 12.5 Å². The molecule has 1 aliphatic rings. The van der Waals surface area contributed by atoms with Crippen molar-refractivity contribution >= 4 is 34.8 Å². The fraction of sp³-hybridized carbons (Fsp3) is 0.455. The maximum Gasteiger partial charge on any atom is 0.0636 e. The summed E-state index contributed by atoms with van der Waals surface area (Å²) < 4.78 is 5.31. The topological polar surface area (TPSA) is 9.23 Å². The summed E-state index contributed by atoms with van der Waals surface area (Å²) in [5.74, 6) is 0.379. The van der Waals surface area contributed by atoms with Gasteiger partial charge in [0.25, 0.3) is 0 Å². The summed E-state index contributed by atoms with van der Waals surface area (Å²) in [6.45, 7) is 1.53. The molecular weight excluding hydrogens is 254 g/mol. The standard InChI is InChI=1S/C11H11Cl3O/c12-9-2-1-7(5-10(9)13)11(14)8-3-4-15-6-8/h1-2,5,8,11H,3-4,6H2. The van der Waals surface area contributed by atoms with Crippen LogP contribution in [0, 0.1) is 5.92 Å². The Balaban J connectivity index is 2.17. The van der Waals surface area contributed by atoms with Gasteiger partial charge in [-0.15, -0.1) is 11.6 Å². The second-order valence-electron chi connectivity index (χ2n) is 3.70. The normalized spacial score (nSPS) is 23.0. The first kappa shape index (κ1) is 11.5. The fourth-order valence-corrected chi connectivity index (χ4v) is 2.38. The minimum Gasteiger partial charge on any atom is -0.381 e. The Bertz CT molecular complexity index is 348. The molecule has 1 fully saturated rings. The van der Waals surface area contributed by atoms with E-state index in [9.17, 15) is 0 Å². The largest absolute Gasteiger partial charge is 0.381 e. The molecule has 2 unspecified atom stereocenters. The molecular formula is C11H11Cl3O. The molecule has 0 bridgehead atoms. The van der Waals surface area contributed by atoms with E-state index in [0.29, 0.717) is 16.0 Å². The smallest absolute Gasteiger partial charge is 0.0636 e. The molecule has 0 amide bonds. The van der Waals surface area contributed by atoms with Crippen LogP contribution in [0.25, 0.3) is 0 Å². The van der Waals surface area contributed by atoms with Crippen LogP contribution in [0.4, 0.5) is 0 Å². The Hall–Kier alpha value is 0.0500. The van der Waals surface area contributed by atoms with E-state index in [4.69, 9.17) is 39.5 Å². The summed E-state index contributed by atoms with van der Waals surface area (Å²) in [6, 6.07) is 5.54. The average molecular weight is 266 g/mol. The average Bonchev–Trinajstić information content (AvgIpc) is 2.74. The minimum absolute atomic E-state index is 0.0396. The van der Waals surface area contributed by atoms with E-state index in [1.165, 1.54) is 0 Å². The van der Waals surface area contributed by atoms with Crippen molar-refractivity contribution < 1.29 is 4.74 Å². The number of halogens is 3. The van der Waals surface area contributed by atoms with Gasteiger partial charge < -0.3 is 4.74 Å². The van der Waals surface area contributed by atoms with Crippen LogP contribution in [0.2, 0.25) is 10.0 Å². The number of hydrogen-bond donors (Lipinski definition) is 0. The zero-order valence-corrected chi connectivity index (χ0v) is 10.3. The third-order valence-corrected chi connectivity index (χ3v) is 3.99. The van der Waals surface area contributed by atoms with E-state index in [2.05, 4.69) is 0 Å². The van der Waals surface area contributed by atoms with Crippen molar-refractivity contribution in [1.82, 2.24) is 0 Å². The molecule has 2 atom stereocenters. The summed E-state index contributed by atoms with van der Waals surface area (Å²) in [5.41, 5.74) is 1.02. The minimum atomic E-state index is -0.0396. The Morgan fingerprint density at radius 1 is 1.27 bits per heavy atom. The number of benzene rings is 1. The highest BCUT2D eigenvalue weighted by Crippen LogP contribution is 2.36. The van der Waals surface area contributed by atoms with E-state index in [1.807, 2.05) is 12.1 Å². The van der Waals surface area contributed by atoms with Crippen LogP contribution >= 0.6 is 34.8 Å². The highest BCUT2D eigenvalue weighted by atomic mass is 35.5. The van der Waals surface area contributed by atoms with Crippen molar-refractivity contribution in [3.8, 4) is 0 Å². The van der Waals surface area contributed by atoms with Gasteiger partial charge in [-0.2, -0.15) is 0 Å². The molecule has 1 aromatic carbocycles. The van der Waals surface area contributed by atoms with E-state index in [-0.39, 0.29) is 5.38 Å². The highest BCUT2D eigenvalue weighted by Gasteiger charge is 2.25. The Morgan fingerprint density at radius 3 is 2.67 bits per heavy atom. The van der Waals surface area contributed by atoms with Gasteiger partial charge in [0.05, 0.1) is 22.0 Å². The van der Waals surface area contributed by atoms with Gasteiger partial charge in [-0.3, -0.25) is 0 Å². The first-order valence-corrected chi connectivity index (χ1v) is 6.04. The summed E-state index contributed by atoms with van der Waals surface area (Å²) in [4.78, 5) is 0. The van der Waals surface area contributed by atoms with E-state index >= 15 is 0 Å². The Kier molecular flexibility index (Phi) is 3.78. The predicted octanol–water partition coefficient (Wildman–Crippen LogP) is 4.31. The van der Waals surface area contributed by atoms with Crippen LogP contribution < -0.4 is 0 Å². The maximum atomic E-state index is 6.36. The van der Waals surface area contributed by atoms with Crippen molar-refractivity contribution in [2.24, 2.45) is 5.92 Å². The number of hydrogen-bond acceptors (Lipinski definition) is 1. The Morgan fingerprint density at radius 2 is 2.07 bits per heavy atom. The van der Waals surface area contributed by atoms with Crippen LogP contribution in [0.1, 0.15) is 17.4 Å². The molecule has 0 radical (unpaired) electrons. The van der Waals surface area contributed by atoms with Crippen LogP contribution in [0.3, 0.4) is 0 Å². The lowest BCUT2D eigenvalue weighted by atomic mass is 9.98. The van der Waals surface area contributed by atoms with Crippen molar-refractivity contribution in [3.63, 3.8) is 0 Å². The molecule has 1 aromatic rings. The molecule has 1 heterocycles. The summed E-state index contributed by atoms with van der Waals surface area (Å²) in [6.07, 6.45) is 1.01. The molecule has 1 nitrogen and oxygen atoms in total. The summed E-state index contributed by atoms with van der Waals surface area (Å²) in [7, 11) is 0. The quantitative estimate of drug-likeness (QED) is 0.724. The van der Waals surface area contributed by atoms with Gasteiger partial charge >= 0.3 is 0 Å². The van der Waals surface area contributed by atoms with E-state index in [1.54, 1.807) is 6.07 Å². The van der Waals surface area contributed by atoms with Gasteiger partial charge in [-0.25, -0.2) is 0 Å². The lowest BCUT2D eigenvalue weighted by Gasteiger charge is -2.16. The third kappa shape index (κ3) is 2.59. The van der Waals surface area contributed by atoms with Gasteiger partial charge in [0.1, 0.15) is 0 Å². The maximum absolute atomic E-state index is 6.36. The van der Waals surface area contributed by atoms with E-state index < -0.39 is 0 Å². The van der Waals surface area contributed by atoms with Crippen LogP contribution in [-0.4, -0.2) is 13.2 Å². The van der Waals surface area contributed by atoms with Crippen molar-refractivity contribution in [2.75, 3.05) is 13.2 Å². The lowest BCUT2D eigenvalue weighted by Crippen LogP contribution is -2.07. The van der Waals surface area contributed by atoms with Crippen molar-refractivity contribution in [3.05, 3.63) is 33.8 Å². The van der Waals surface area contributed by atoms with Gasteiger partial charge in [0.15, 0.2) is 0 Å². The lowest BCUT2D eigenvalue weighted by molar-refractivity contribution is 0.185. The van der Waals surface area contributed by atoms with Crippen LogP contribution in [-0.2, 0) is 4.74 Å². The van der Waals surface area contributed by atoms with Gasteiger partial charge in [0.2, 0.25) is 0 Å². The van der Waals surface area contributed by atoms with Crippen molar-refractivity contribution in [1.29, 1.82) is 0 Å². The molecule has 82 valence electrons. The molecule has 0 aliphatic carbocycles. The highest BCUT2D eigenvalue weighted by molar-refractivity contribution is 6.42. The second-order valence-corrected chi connectivity index (χ2v) is 4.98. The fourth-order valence-electron chi connectivity index (χ4n) is 1.74. The molecule has 0 spiro atoms. The SMILES string of the molecule is Clc1ccc(C(Cl)C2CCOC2)cc1Cl. The second kappa shape index (κ2) is 4.92. The number of rotatable bonds is 2. The first-order valence-electron chi connectivity index (χ1n) is 4.85. The molecule has 1 aliphatic heterocycles.